The summed E-state index contributed by atoms with van der Waals surface area (Å²) in [6, 6.07) is 5.69. The summed E-state index contributed by atoms with van der Waals surface area (Å²) in [4.78, 5) is 10.7. The van der Waals surface area contributed by atoms with Crippen molar-refractivity contribution in [2.24, 2.45) is 0 Å². The van der Waals surface area contributed by atoms with E-state index in [4.69, 9.17) is 4.74 Å². The van der Waals surface area contributed by atoms with Crippen molar-refractivity contribution in [1.82, 2.24) is 29.2 Å². The number of alkyl halides is 3. The lowest BCUT2D eigenvalue weighted by Crippen LogP contribution is -2.32. The van der Waals surface area contributed by atoms with Crippen molar-refractivity contribution >= 4 is 11.8 Å². The number of benzene rings is 1. The van der Waals surface area contributed by atoms with Crippen LogP contribution in [0, 0.1) is 6.92 Å². The highest BCUT2D eigenvalue weighted by Crippen LogP contribution is 2.40. The van der Waals surface area contributed by atoms with E-state index in [2.05, 4.69) is 15.1 Å². The summed E-state index contributed by atoms with van der Waals surface area (Å²) in [5.74, 6) is 0.526. The van der Waals surface area contributed by atoms with Crippen molar-refractivity contribution in [2.75, 3.05) is 7.11 Å². The van der Waals surface area contributed by atoms with Crippen molar-refractivity contribution in [2.45, 2.75) is 38.2 Å². The van der Waals surface area contributed by atoms with E-state index in [0.717, 1.165) is 17.5 Å². The van der Waals surface area contributed by atoms with Gasteiger partial charge in [-0.2, -0.15) is 18.3 Å². The molecule has 34 heavy (non-hydrogen) atoms. The number of nitrogens with zero attached hydrogens (tertiary/aromatic N) is 6. The smallest absolute Gasteiger partial charge is 0.355 e. The molecule has 0 amide bonds. The lowest BCUT2D eigenvalue weighted by molar-refractivity contribution is -0.138. The van der Waals surface area contributed by atoms with Gasteiger partial charge in [-0.15, -0.1) is 0 Å². The predicted molar refractivity (Wildman–Crippen MR) is 120 cm³/mol. The van der Waals surface area contributed by atoms with Gasteiger partial charge in [-0.25, -0.2) is 14.6 Å². The van der Waals surface area contributed by atoms with Gasteiger partial charge in [-0.3, -0.25) is 0 Å². The van der Waals surface area contributed by atoms with E-state index in [1.165, 1.54) is 12.1 Å². The standard InChI is InChI=1S/C24H23F3N6O/c1-16-14-32(15-28-16)20-8-5-11-31(23(20)34-2)12-10-21-29-22-18(9-13-33(22)30-21)17-6-3-4-7-19(17)24(25,26)27/h3-8,10-12,14-15,18,23H,9,13H2,1-2H3/b12-10+/t18?,23-/m0/s1. The lowest BCUT2D eigenvalue weighted by Gasteiger charge is -2.30. The quantitative estimate of drug-likeness (QED) is 0.546. The maximum Gasteiger partial charge on any atom is 0.416 e. The maximum absolute atomic E-state index is 13.5. The van der Waals surface area contributed by atoms with Crippen LogP contribution < -0.4 is 0 Å². The van der Waals surface area contributed by atoms with Crippen LogP contribution >= 0.6 is 0 Å². The number of aryl methyl sites for hydroxylation is 2. The van der Waals surface area contributed by atoms with E-state index in [-0.39, 0.29) is 5.56 Å². The number of allylic oxidation sites excluding steroid dienone is 2. The Morgan fingerprint density at radius 1 is 1.21 bits per heavy atom. The van der Waals surface area contributed by atoms with Crippen LogP contribution in [0.4, 0.5) is 13.2 Å². The Morgan fingerprint density at radius 2 is 2.03 bits per heavy atom. The summed E-state index contributed by atoms with van der Waals surface area (Å²) in [6.45, 7) is 2.43. The molecule has 0 N–H and O–H groups in total. The van der Waals surface area contributed by atoms with Crippen LogP contribution in [0.1, 0.15) is 40.8 Å². The minimum Gasteiger partial charge on any atom is -0.355 e. The second kappa shape index (κ2) is 8.60. The molecule has 10 heteroatoms. The normalized spacial score (nSPS) is 20.3. The predicted octanol–water partition coefficient (Wildman–Crippen LogP) is 4.65. The fraction of sp³-hybridized carbons (Fsp3) is 0.292. The number of aromatic nitrogens is 5. The Kier molecular flexibility index (Phi) is 5.60. The zero-order valence-electron chi connectivity index (χ0n) is 18.6. The number of ether oxygens (including phenoxy) is 1. The van der Waals surface area contributed by atoms with E-state index >= 15 is 0 Å². The van der Waals surface area contributed by atoms with Crippen molar-refractivity contribution in [1.29, 1.82) is 0 Å². The summed E-state index contributed by atoms with van der Waals surface area (Å²) in [6.07, 6.45) is 8.61. The molecule has 5 rings (SSSR count). The zero-order valence-corrected chi connectivity index (χ0v) is 18.6. The molecule has 3 aromatic rings. The molecule has 2 aliphatic heterocycles. The van der Waals surface area contributed by atoms with Crippen LogP contribution in [0.3, 0.4) is 0 Å². The SMILES string of the molecule is CO[C@H]1C(n2cnc(C)c2)=CC=CN1/C=C/c1nc2n(n1)CCC2c1ccccc1C(F)(F)F. The average Bonchev–Trinajstić information content (AvgIpc) is 3.52. The van der Waals surface area contributed by atoms with Crippen LogP contribution in [0.25, 0.3) is 11.8 Å². The third-order valence-electron chi connectivity index (χ3n) is 5.98. The molecule has 0 aliphatic carbocycles. The highest BCUT2D eigenvalue weighted by atomic mass is 19.4. The number of hydrogen-bond donors (Lipinski definition) is 0. The monoisotopic (exact) mass is 468 g/mol. The number of hydrogen-bond acceptors (Lipinski definition) is 5. The summed E-state index contributed by atoms with van der Waals surface area (Å²) < 4.78 is 49.9. The van der Waals surface area contributed by atoms with Crippen molar-refractivity contribution < 1.29 is 17.9 Å². The van der Waals surface area contributed by atoms with Crippen LogP contribution in [0.2, 0.25) is 0 Å². The van der Waals surface area contributed by atoms with Gasteiger partial charge in [0.2, 0.25) is 0 Å². The molecule has 1 aromatic carbocycles. The molecule has 7 nitrogen and oxygen atoms in total. The summed E-state index contributed by atoms with van der Waals surface area (Å²) in [5.41, 5.74) is 1.40. The molecule has 0 bridgehead atoms. The first-order valence-corrected chi connectivity index (χ1v) is 10.8. The third kappa shape index (κ3) is 4.05. The largest absolute Gasteiger partial charge is 0.416 e. The Labute approximate surface area is 194 Å². The number of fused-ring (bicyclic) bond motifs is 1. The summed E-state index contributed by atoms with van der Waals surface area (Å²) in [5, 5.41) is 4.49. The Balaban J connectivity index is 1.38. The Hall–Kier alpha value is -3.66. The van der Waals surface area contributed by atoms with Crippen molar-refractivity contribution in [3.8, 4) is 0 Å². The van der Waals surface area contributed by atoms with Crippen molar-refractivity contribution in [3.63, 3.8) is 0 Å². The van der Waals surface area contributed by atoms with E-state index in [1.807, 2.05) is 40.9 Å². The molecule has 0 spiro atoms. The van der Waals surface area contributed by atoms with Gasteiger partial charge in [0.1, 0.15) is 5.82 Å². The molecule has 2 aromatic heterocycles. The van der Waals surface area contributed by atoms with Gasteiger partial charge in [0, 0.05) is 44.2 Å². The second-order valence-electron chi connectivity index (χ2n) is 8.18. The molecule has 0 saturated carbocycles. The molecule has 1 unspecified atom stereocenters. The van der Waals surface area contributed by atoms with Gasteiger partial charge in [0.15, 0.2) is 12.1 Å². The van der Waals surface area contributed by atoms with E-state index < -0.39 is 23.9 Å². The summed E-state index contributed by atoms with van der Waals surface area (Å²) >= 11 is 0. The molecule has 4 heterocycles. The number of imidazole rings is 1. The van der Waals surface area contributed by atoms with Gasteiger partial charge in [-0.1, -0.05) is 18.2 Å². The minimum absolute atomic E-state index is 0.237. The number of rotatable bonds is 5. The van der Waals surface area contributed by atoms with Crippen LogP contribution in [-0.2, 0) is 17.5 Å². The van der Waals surface area contributed by atoms with E-state index in [1.54, 1.807) is 36.5 Å². The highest BCUT2D eigenvalue weighted by Gasteiger charge is 2.38. The fourth-order valence-electron chi connectivity index (χ4n) is 4.45. The average molecular weight is 468 g/mol. The molecule has 0 radical (unpaired) electrons. The number of halogens is 3. The first-order valence-electron chi connectivity index (χ1n) is 10.8. The molecule has 0 fully saturated rings. The van der Waals surface area contributed by atoms with Gasteiger partial charge in [-0.05, 0) is 37.1 Å². The Bertz CT molecular complexity index is 1290. The minimum atomic E-state index is -4.42. The van der Waals surface area contributed by atoms with E-state index in [0.29, 0.717) is 24.6 Å². The highest BCUT2D eigenvalue weighted by molar-refractivity contribution is 5.55. The van der Waals surface area contributed by atoms with Crippen molar-refractivity contribution in [3.05, 3.63) is 89.8 Å². The first kappa shape index (κ1) is 22.1. The van der Waals surface area contributed by atoms with Gasteiger partial charge in [0.05, 0.1) is 23.3 Å². The topological polar surface area (TPSA) is 61.0 Å². The maximum atomic E-state index is 13.5. The number of methoxy groups -OCH3 is 1. The van der Waals surface area contributed by atoms with E-state index in [9.17, 15) is 13.2 Å². The molecule has 176 valence electrons. The molecular formula is C24H23F3N6O. The zero-order chi connectivity index (χ0) is 23.9. The first-order chi connectivity index (χ1) is 16.3. The third-order valence-corrected chi connectivity index (χ3v) is 5.98. The molecular weight excluding hydrogens is 445 g/mol. The molecule has 2 atom stereocenters. The van der Waals surface area contributed by atoms with Crippen LogP contribution in [0.15, 0.2) is 61.3 Å². The molecule has 2 aliphatic rings. The second-order valence-corrected chi connectivity index (χ2v) is 8.18. The Morgan fingerprint density at radius 3 is 2.76 bits per heavy atom. The summed E-state index contributed by atoms with van der Waals surface area (Å²) in [7, 11) is 1.62. The van der Waals surface area contributed by atoms with Crippen LogP contribution in [0.5, 0.6) is 0 Å². The van der Waals surface area contributed by atoms with Gasteiger partial charge in [0.25, 0.3) is 0 Å². The van der Waals surface area contributed by atoms with Crippen LogP contribution in [-0.4, -0.2) is 42.6 Å². The van der Waals surface area contributed by atoms with Gasteiger partial charge < -0.3 is 14.2 Å². The molecule has 0 saturated heterocycles. The van der Waals surface area contributed by atoms with Gasteiger partial charge >= 0.3 is 6.18 Å². The fourth-order valence-corrected chi connectivity index (χ4v) is 4.45. The lowest BCUT2D eigenvalue weighted by atomic mass is 9.92.